The minimum absolute atomic E-state index is 0.0165. The molecule has 364 valence electrons. The third-order valence-electron chi connectivity index (χ3n) is 8.53. The first-order valence-corrected chi connectivity index (χ1v) is 25.5. The molecule has 0 amide bonds. The first kappa shape index (κ1) is 57.2. The van der Waals surface area contributed by atoms with Gasteiger partial charge in [0, 0.05) is 51.0 Å². The molecule has 0 aliphatic carbocycles. The summed E-state index contributed by atoms with van der Waals surface area (Å²) in [7, 11) is -4.50. The fraction of sp³-hybridized carbons (Fsp3) is 0.739. The van der Waals surface area contributed by atoms with Crippen LogP contribution in [-0.4, -0.2) is 118 Å². The van der Waals surface area contributed by atoms with Crippen molar-refractivity contribution in [2.24, 2.45) is 5.73 Å². The van der Waals surface area contributed by atoms with Crippen molar-refractivity contribution in [3.63, 3.8) is 0 Å². The van der Waals surface area contributed by atoms with E-state index in [1.807, 2.05) is 132 Å². The van der Waals surface area contributed by atoms with Gasteiger partial charge in [0.2, 0.25) is 0 Å². The van der Waals surface area contributed by atoms with Crippen LogP contribution in [0.25, 0.3) is 0 Å². The van der Waals surface area contributed by atoms with Gasteiger partial charge in [-0.25, -0.2) is 0 Å². The third-order valence-corrected chi connectivity index (χ3v) is 13.3. The average molecular weight is 932 g/mol. The predicted molar refractivity (Wildman–Crippen MR) is 250 cm³/mol. The molecule has 0 radical (unpaired) electrons. The Balaban J connectivity index is 2.86. The summed E-state index contributed by atoms with van der Waals surface area (Å²) in [4.78, 5) is 4.22. The fourth-order valence-electron chi connectivity index (χ4n) is 6.59. The van der Waals surface area contributed by atoms with Crippen LogP contribution in [0.2, 0.25) is 0 Å². The van der Waals surface area contributed by atoms with Crippen molar-refractivity contribution in [2.45, 2.75) is 144 Å². The molecule has 1 atom stereocenters. The van der Waals surface area contributed by atoms with Crippen LogP contribution in [-0.2, 0) is 59.3 Å². The lowest BCUT2D eigenvalue weighted by Gasteiger charge is -2.41. The van der Waals surface area contributed by atoms with Crippen molar-refractivity contribution in [2.75, 3.05) is 79.9 Å². The van der Waals surface area contributed by atoms with E-state index in [4.69, 9.17) is 52.2 Å². The van der Waals surface area contributed by atoms with Gasteiger partial charge in [-0.1, -0.05) is 42.8 Å². The Morgan fingerprint density at radius 1 is 0.571 bits per heavy atom. The highest BCUT2D eigenvalue weighted by Crippen LogP contribution is 2.57. The van der Waals surface area contributed by atoms with Gasteiger partial charge >= 0.3 is 15.2 Å². The summed E-state index contributed by atoms with van der Waals surface area (Å²) in [5, 5.41) is 0. The van der Waals surface area contributed by atoms with Crippen LogP contribution in [0.4, 0.5) is 0 Å². The van der Waals surface area contributed by atoms with Gasteiger partial charge < -0.3 is 52.2 Å². The highest BCUT2D eigenvalue weighted by atomic mass is 31.2. The molecule has 2 aromatic carbocycles. The maximum Gasteiger partial charge on any atom is 0.345 e. The van der Waals surface area contributed by atoms with E-state index in [1.54, 1.807) is 14.2 Å². The third kappa shape index (κ3) is 25.5. The Labute approximate surface area is 380 Å². The van der Waals surface area contributed by atoms with Crippen LogP contribution >= 0.6 is 15.2 Å². The molecule has 0 aliphatic heterocycles. The lowest BCUT2D eigenvalue weighted by Crippen LogP contribution is -2.45. The zero-order valence-corrected chi connectivity index (χ0v) is 42.9. The molecular weight excluding hydrogens is 848 g/mol. The van der Waals surface area contributed by atoms with Gasteiger partial charge in [-0.3, -0.25) is 18.9 Å². The molecule has 15 nitrogen and oxygen atoms in total. The molecule has 1 unspecified atom stereocenters. The zero-order chi connectivity index (χ0) is 47.4. The summed E-state index contributed by atoms with van der Waals surface area (Å²) in [6, 6.07) is 15.1. The summed E-state index contributed by atoms with van der Waals surface area (Å²) >= 11 is 0. The fourth-order valence-corrected chi connectivity index (χ4v) is 11.7. The zero-order valence-electron chi connectivity index (χ0n) is 41.1. The minimum Gasteiger partial charge on any atom is -0.467 e. The molecule has 63 heavy (non-hydrogen) atoms. The molecule has 2 aromatic rings. The van der Waals surface area contributed by atoms with E-state index in [0.717, 1.165) is 24.0 Å². The van der Waals surface area contributed by atoms with Crippen LogP contribution in [0, 0.1) is 0 Å². The number of rotatable bonds is 31. The van der Waals surface area contributed by atoms with E-state index in [9.17, 15) is 0 Å². The Bertz CT molecular complexity index is 1630. The van der Waals surface area contributed by atoms with Gasteiger partial charge in [0.1, 0.15) is 24.1 Å². The van der Waals surface area contributed by atoms with Gasteiger partial charge in [-0.15, -0.1) is 0 Å². The second-order valence-corrected chi connectivity index (χ2v) is 23.3. The quantitative estimate of drug-likeness (QED) is 0.0432. The van der Waals surface area contributed by atoms with Gasteiger partial charge in [0.25, 0.3) is 0 Å². The number of ether oxygens (including phenoxy) is 6. The second kappa shape index (κ2) is 27.0. The predicted octanol–water partition coefficient (Wildman–Crippen LogP) is 10.0. The molecule has 2 rings (SSSR count). The summed E-state index contributed by atoms with van der Waals surface area (Å²) in [5.74, 6) is 1.22. The number of para-hydroxylation sites is 2. The lowest BCUT2D eigenvalue weighted by atomic mass is 10.1. The summed E-state index contributed by atoms with van der Waals surface area (Å²) in [6.45, 7) is 25.5. The highest BCUT2D eigenvalue weighted by molar-refractivity contribution is 7.54. The van der Waals surface area contributed by atoms with E-state index < -0.39 is 37.6 Å². The number of hydrogen-bond acceptors (Lipinski definition) is 15. The highest BCUT2D eigenvalue weighted by Gasteiger charge is 2.41. The molecule has 17 heteroatoms. The number of nitrogens with zero attached hydrogens (tertiary/aromatic N) is 2. The van der Waals surface area contributed by atoms with Crippen molar-refractivity contribution in [3.8, 4) is 11.5 Å². The molecule has 0 bridgehead atoms. The normalized spacial score (nSPS) is 13.9. The van der Waals surface area contributed by atoms with Gasteiger partial charge in [0.15, 0.2) is 13.6 Å². The van der Waals surface area contributed by atoms with Gasteiger partial charge in [0.05, 0.1) is 48.8 Å². The van der Waals surface area contributed by atoms with Gasteiger partial charge in [-0.05, 0) is 115 Å². The van der Waals surface area contributed by atoms with Crippen LogP contribution < -0.4 is 15.2 Å². The first-order valence-electron chi connectivity index (χ1n) is 22.0. The molecule has 0 aromatic heterocycles. The molecule has 0 saturated carbocycles. The Morgan fingerprint density at radius 2 is 0.984 bits per heavy atom. The number of methoxy groups -OCH3 is 2. The molecule has 2 N–H and O–H groups in total. The summed E-state index contributed by atoms with van der Waals surface area (Å²) in [6.07, 6.45) is 2.03. The molecule has 0 spiro atoms. The van der Waals surface area contributed by atoms with Crippen LogP contribution in [0.15, 0.2) is 48.5 Å². The molecular formula is C46H83N3O12P2. The standard InChI is InChI=1S/C46H83N3O12P2/c1-43(2,3)58-62(50,59-44(4,5)6)34-48(31-38-21-15-17-24-41(38)56-36-54-29-27-52-13)33-40(23-19-20-26-47)49(35-63(51,60-45(7,8)9)61-46(10,11)12)32-39-22-16-18-25-42(39)57-37-55-30-28-53-14/h15-18,21-22,24-25,40H,19-20,23,26-37,47H2,1-14H3. The molecule has 0 aliphatic rings. The number of nitrogens with two attached hydrogens (primary N) is 1. The number of benzene rings is 2. The largest absolute Gasteiger partial charge is 0.467 e. The maximum absolute atomic E-state index is 15.3. The Morgan fingerprint density at radius 3 is 1.40 bits per heavy atom. The smallest absolute Gasteiger partial charge is 0.345 e. The van der Waals surface area contributed by atoms with Crippen molar-refractivity contribution < 1.29 is 55.6 Å². The van der Waals surface area contributed by atoms with Crippen molar-refractivity contribution in [1.29, 1.82) is 0 Å². The van der Waals surface area contributed by atoms with E-state index in [0.29, 0.717) is 70.5 Å². The SMILES string of the molecule is COCCOCOc1ccccc1CN(CC(CCCCN)N(Cc1ccccc1OCOCCOC)CP(=O)(OC(C)(C)C)OC(C)(C)C)CP(=O)(OC(C)(C)C)OC(C)(C)C. The Kier molecular flexibility index (Phi) is 24.5. The Hall–Kier alpha value is -1.94. The van der Waals surface area contributed by atoms with Crippen LogP contribution in [0.5, 0.6) is 11.5 Å². The monoisotopic (exact) mass is 932 g/mol. The summed E-state index contributed by atoms with van der Waals surface area (Å²) < 4.78 is 90.0. The van der Waals surface area contributed by atoms with Crippen molar-refractivity contribution >= 4 is 15.2 Å². The molecule has 0 fully saturated rings. The van der Waals surface area contributed by atoms with Crippen LogP contribution in [0.3, 0.4) is 0 Å². The van der Waals surface area contributed by atoms with E-state index >= 15 is 9.13 Å². The van der Waals surface area contributed by atoms with Crippen molar-refractivity contribution in [1.82, 2.24) is 9.80 Å². The van der Waals surface area contributed by atoms with Crippen molar-refractivity contribution in [3.05, 3.63) is 59.7 Å². The molecule has 0 saturated heterocycles. The average Bonchev–Trinajstić information content (AvgIpc) is 3.12. The minimum atomic E-state index is -3.88. The number of unbranched alkanes of at least 4 members (excludes halogenated alkanes) is 1. The summed E-state index contributed by atoms with van der Waals surface area (Å²) in [5.41, 5.74) is 4.58. The van der Waals surface area contributed by atoms with Crippen LogP contribution in [0.1, 0.15) is 113 Å². The molecule has 0 heterocycles. The lowest BCUT2D eigenvalue weighted by molar-refractivity contribution is -0.00962. The second-order valence-electron chi connectivity index (χ2n) is 19.6. The topological polar surface area (TPSA) is 159 Å². The van der Waals surface area contributed by atoms with Gasteiger partial charge in [-0.2, -0.15) is 0 Å². The number of hydrogen-bond donors (Lipinski definition) is 1. The first-order chi connectivity index (χ1) is 29.3. The van der Waals surface area contributed by atoms with E-state index in [2.05, 4.69) is 9.80 Å². The maximum atomic E-state index is 15.3. The van der Waals surface area contributed by atoms with E-state index in [-0.39, 0.29) is 32.2 Å². The van der Waals surface area contributed by atoms with E-state index in [1.165, 1.54) is 0 Å².